The summed E-state index contributed by atoms with van der Waals surface area (Å²) in [5, 5.41) is 12.2. The number of likely N-dealkylation sites (tertiary alicyclic amines) is 1. The van der Waals surface area contributed by atoms with E-state index in [2.05, 4.69) is 25.3 Å². The summed E-state index contributed by atoms with van der Waals surface area (Å²) in [6.07, 6.45) is 5.25. The Balaban J connectivity index is 1.28. The van der Waals surface area contributed by atoms with Gasteiger partial charge in [-0.3, -0.25) is 4.79 Å². The van der Waals surface area contributed by atoms with Crippen LogP contribution in [-0.4, -0.2) is 101 Å². The fourth-order valence-corrected chi connectivity index (χ4v) is 4.03. The molecule has 11 nitrogen and oxygen atoms in total. The van der Waals surface area contributed by atoms with E-state index in [0.29, 0.717) is 49.5 Å². The number of aliphatic hydroxyl groups is 1. The minimum Gasteiger partial charge on any atom is -0.394 e. The van der Waals surface area contributed by atoms with Crippen molar-refractivity contribution in [2.24, 2.45) is 0 Å². The molecule has 200 valence electrons. The largest absolute Gasteiger partial charge is 0.394 e. The summed E-state index contributed by atoms with van der Waals surface area (Å²) in [5.74, 6) is -1.04. The lowest BCUT2D eigenvalue weighted by atomic mass is 10.1. The molecule has 1 aliphatic heterocycles. The SMILES string of the molecule is O=C(COCCOCCOCCO)N1CCC[C@H](Nc2nc(-c3c[nH]c4ncc(F)cc34)ncc2F)C1. The van der Waals surface area contributed by atoms with Crippen molar-refractivity contribution in [2.75, 3.05) is 64.7 Å². The topological polar surface area (TPSA) is 135 Å². The Morgan fingerprint density at radius 2 is 1.92 bits per heavy atom. The second-order valence-corrected chi connectivity index (χ2v) is 8.47. The van der Waals surface area contributed by atoms with Crippen molar-refractivity contribution in [2.45, 2.75) is 18.9 Å². The molecule has 1 fully saturated rings. The lowest BCUT2D eigenvalue weighted by molar-refractivity contribution is -0.137. The Morgan fingerprint density at radius 1 is 1.14 bits per heavy atom. The lowest BCUT2D eigenvalue weighted by Gasteiger charge is -2.33. The third-order valence-electron chi connectivity index (χ3n) is 5.80. The zero-order valence-corrected chi connectivity index (χ0v) is 20.3. The van der Waals surface area contributed by atoms with E-state index in [0.717, 1.165) is 25.2 Å². The van der Waals surface area contributed by atoms with Crippen LogP contribution in [0.2, 0.25) is 0 Å². The maximum atomic E-state index is 14.6. The highest BCUT2D eigenvalue weighted by molar-refractivity contribution is 5.91. The summed E-state index contributed by atoms with van der Waals surface area (Å²) >= 11 is 0. The number of aromatic amines is 1. The van der Waals surface area contributed by atoms with Crippen LogP contribution < -0.4 is 5.32 Å². The number of piperidine rings is 1. The van der Waals surface area contributed by atoms with Crippen molar-refractivity contribution in [3.63, 3.8) is 0 Å². The van der Waals surface area contributed by atoms with Crippen LogP contribution in [0.1, 0.15) is 12.8 Å². The van der Waals surface area contributed by atoms with Gasteiger partial charge < -0.3 is 34.5 Å². The highest BCUT2D eigenvalue weighted by Gasteiger charge is 2.25. The lowest BCUT2D eigenvalue weighted by Crippen LogP contribution is -2.46. The van der Waals surface area contributed by atoms with Crippen molar-refractivity contribution < 1.29 is 32.9 Å². The number of aliphatic hydroxyl groups excluding tert-OH is 1. The normalized spacial score (nSPS) is 15.9. The molecule has 0 radical (unpaired) electrons. The predicted molar refractivity (Wildman–Crippen MR) is 130 cm³/mol. The van der Waals surface area contributed by atoms with Crippen LogP contribution in [0.3, 0.4) is 0 Å². The molecule has 3 aromatic heterocycles. The summed E-state index contributed by atoms with van der Waals surface area (Å²) in [4.78, 5) is 29.6. The molecule has 0 saturated carbocycles. The monoisotopic (exact) mass is 520 g/mol. The number of aromatic nitrogens is 4. The molecule has 13 heteroatoms. The van der Waals surface area contributed by atoms with Gasteiger partial charge in [0.2, 0.25) is 5.91 Å². The van der Waals surface area contributed by atoms with E-state index in [1.807, 2.05) is 0 Å². The maximum absolute atomic E-state index is 14.6. The first-order valence-corrected chi connectivity index (χ1v) is 12.1. The van der Waals surface area contributed by atoms with Crippen molar-refractivity contribution in [1.29, 1.82) is 0 Å². The number of fused-ring (bicyclic) bond motifs is 1. The number of hydrogen-bond acceptors (Lipinski definition) is 9. The maximum Gasteiger partial charge on any atom is 0.248 e. The average Bonchev–Trinajstić information content (AvgIpc) is 3.32. The minimum atomic E-state index is -0.624. The van der Waals surface area contributed by atoms with E-state index in [-0.39, 0.29) is 50.0 Å². The van der Waals surface area contributed by atoms with Crippen LogP contribution >= 0.6 is 0 Å². The average molecular weight is 521 g/mol. The number of rotatable bonds is 13. The van der Waals surface area contributed by atoms with Gasteiger partial charge >= 0.3 is 0 Å². The first kappa shape index (κ1) is 26.8. The van der Waals surface area contributed by atoms with E-state index in [9.17, 15) is 13.6 Å². The van der Waals surface area contributed by atoms with Gasteiger partial charge in [0, 0.05) is 36.3 Å². The molecule has 0 spiro atoms. The Kier molecular flexibility index (Phi) is 9.65. The number of anilines is 1. The van der Waals surface area contributed by atoms with Crippen LogP contribution in [0.25, 0.3) is 22.4 Å². The van der Waals surface area contributed by atoms with Gasteiger partial charge in [-0.15, -0.1) is 0 Å². The second kappa shape index (κ2) is 13.3. The molecule has 1 atom stereocenters. The van der Waals surface area contributed by atoms with E-state index in [4.69, 9.17) is 19.3 Å². The smallest absolute Gasteiger partial charge is 0.248 e. The van der Waals surface area contributed by atoms with E-state index in [1.165, 1.54) is 6.07 Å². The molecular weight excluding hydrogens is 490 g/mol. The van der Waals surface area contributed by atoms with Crippen LogP contribution in [0.15, 0.2) is 24.7 Å². The minimum absolute atomic E-state index is 0.0133. The summed E-state index contributed by atoms with van der Waals surface area (Å²) in [5.41, 5.74) is 0.977. The van der Waals surface area contributed by atoms with E-state index >= 15 is 0 Å². The molecule has 37 heavy (non-hydrogen) atoms. The second-order valence-electron chi connectivity index (χ2n) is 8.47. The number of amides is 1. The Morgan fingerprint density at radius 3 is 2.73 bits per heavy atom. The van der Waals surface area contributed by atoms with Gasteiger partial charge in [-0.1, -0.05) is 0 Å². The number of hydrogen-bond donors (Lipinski definition) is 3. The molecule has 3 aromatic rings. The number of halogens is 2. The quantitative estimate of drug-likeness (QED) is 0.288. The van der Waals surface area contributed by atoms with Gasteiger partial charge in [0.25, 0.3) is 0 Å². The molecule has 1 amide bonds. The van der Waals surface area contributed by atoms with Crippen LogP contribution in [0.4, 0.5) is 14.6 Å². The van der Waals surface area contributed by atoms with Crippen molar-refractivity contribution in [3.8, 4) is 11.4 Å². The highest BCUT2D eigenvalue weighted by atomic mass is 19.1. The molecule has 1 saturated heterocycles. The summed E-state index contributed by atoms with van der Waals surface area (Å²) < 4.78 is 44.1. The number of nitrogens with zero attached hydrogens (tertiary/aromatic N) is 4. The molecule has 3 N–H and O–H groups in total. The Bertz CT molecular complexity index is 1180. The molecule has 0 aromatic carbocycles. The summed E-state index contributed by atoms with van der Waals surface area (Å²) in [6.45, 7) is 2.49. The van der Waals surface area contributed by atoms with Gasteiger partial charge in [0.15, 0.2) is 17.5 Å². The van der Waals surface area contributed by atoms with E-state index < -0.39 is 11.6 Å². The van der Waals surface area contributed by atoms with E-state index in [1.54, 1.807) is 11.1 Å². The van der Waals surface area contributed by atoms with Gasteiger partial charge in [-0.2, -0.15) is 0 Å². The van der Waals surface area contributed by atoms with Crippen molar-refractivity contribution in [1.82, 2.24) is 24.8 Å². The van der Waals surface area contributed by atoms with Crippen molar-refractivity contribution >= 4 is 22.8 Å². The number of nitrogens with one attached hydrogen (secondary N) is 2. The van der Waals surface area contributed by atoms with Gasteiger partial charge in [-0.25, -0.2) is 23.7 Å². The molecule has 0 unspecified atom stereocenters. The zero-order chi connectivity index (χ0) is 26.0. The molecule has 0 aliphatic carbocycles. The Labute approximate surface area is 212 Å². The molecular formula is C24H30F2N6O5. The summed E-state index contributed by atoms with van der Waals surface area (Å²) in [7, 11) is 0. The van der Waals surface area contributed by atoms with Crippen molar-refractivity contribution in [3.05, 3.63) is 36.3 Å². The fraction of sp³-hybridized carbons (Fsp3) is 0.500. The first-order chi connectivity index (χ1) is 18.0. The molecule has 4 rings (SSSR count). The molecule has 0 bridgehead atoms. The first-order valence-electron chi connectivity index (χ1n) is 12.1. The predicted octanol–water partition coefficient (Wildman–Crippen LogP) is 1.74. The zero-order valence-electron chi connectivity index (χ0n) is 20.3. The van der Waals surface area contributed by atoms with Gasteiger partial charge in [0.1, 0.15) is 18.1 Å². The third-order valence-corrected chi connectivity index (χ3v) is 5.80. The molecule has 4 heterocycles. The fourth-order valence-electron chi connectivity index (χ4n) is 4.03. The highest BCUT2D eigenvalue weighted by Crippen LogP contribution is 2.27. The number of carbonyl (C=O) groups excluding carboxylic acids is 1. The summed E-state index contributed by atoms with van der Waals surface area (Å²) in [6, 6.07) is 1.11. The van der Waals surface area contributed by atoms with Gasteiger partial charge in [0.05, 0.1) is 52.0 Å². The molecule has 1 aliphatic rings. The third kappa shape index (κ3) is 7.38. The number of ether oxygens (including phenoxy) is 3. The number of carbonyl (C=O) groups is 1. The van der Waals surface area contributed by atoms with Gasteiger partial charge in [-0.05, 0) is 18.9 Å². The number of pyridine rings is 1. The van der Waals surface area contributed by atoms with Crippen LogP contribution in [0, 0.1) is 11.6 Å². The Hall–Kier alpha value is -3.26. The standard InChI is InChI=1S/C24H30F2N6O5/c25-16-10-18-19(12-28-22(18)27-11-16)23-29-13-20(26)24(31-23)30-17-2-1-3-32(14-17)21(34)15-37-9-8-36-7-6-35-5-4-33/h10-13,17,33H,1-9,14-15H2,(H,27,28)(H,29,30,31)/t17-/m0/s1. The number of H-pyrrole nitrogens is 1. The van der Waals surface area contributed by atoms with Crippen LogP contribution in [-0.2, 0) is 19.0 Å². The van der Waals surface area contributed by atoms with Crippen LogP contribution in [0.5, 0.6) is 0 Å².